The van der Waals surface area contributed by atoms with Gasteiger partial charge < -0.3 is 4.74 Å². The summed E-state index contributed by atoms with van der Waals surface area (Å²) in [6, 6.07) is 11.7. The molecule has 0 saturated heterocycles. The number of halogens is 1. The zero-order valence-corrected chi connectivity index (χ0v) is 13.5. The molecule has 7 heteroatoms. The van der Waals surface area contributed by atoms with Crippen LogP contribution in [0, 0.1) is 5.82 Å². The standard InChI is InChI=1S/C16H17FN2O3S/c1-12(2)22-15-6-8-16(9-7-15)23(20,21)19-18-11-13-4-3-5-14(17)10-13/h3-12,19H,1-2H3/b18-11+. The summed E-state index contributed by atoms with van der Waals surface area (Å²) in [6.45, 7) is 3.76. The third-order valence-electron chi connectivity index (χ3n) is 2.74. The molecule has 0 spiro atoms. The van der Waals surface area contributed by atoms with Crippen molar-refractivity contribution >= 4 is 16.2 Å². The largest absolute Gasteiger partial charge is 0.491 e. The third-order valence-corrected chi connectivity index (χ3v) is 3.98. The number of benzene rings is 2. The normalized spacial score (nSPS) is 11.8. The molecule has 0 aliphatic carbocycles. The SMILES string of the molecule is CC(C)Oc1ccc(S(=O)(=O)N/N=C/c2cccc(F)c2)cc1. The summed E-state index contributed by atoms with van der Waals surface area (Å²) in [5.74, 6) is 0.166. The molecule has 0 heterocycles. The lowest BCUT2D eigenvalue weighted by atomic mass is 10.2. The minimum atomic E-state index is -3.78. The maximum Gasteiger partial charge on any atom is 0.276 e. The molecule has 0 fully saturated rings. The van der Waals surface area contributed by atoms with Crippen LogP contribution >= 0.6 is 0 Å². The molecule has 2 aromatic rings. The Morgan fingerprint density at radius 2 is 1.87 bits per heavy atom. The summed E-state index contributed by atoms with van der Waals surface area (Å²) < 4.78 is 42.6. The second-order valence-electron chi connectivity index (χ2n) is 5.05. The molecule has 0 unspecified atom stereocenters. The first-order valence-corrected chi connectivity index (χ1v) is 8.42. The van der Waals surface area contributed by atoms with Crippen LogP contribution in [0.4, 0.5) is 4.39 Å². The molecule has 0 saturated carbocycles. The van der Waals surface area contributed by atoms with Gasteiger partial charge in [-0.05, 0) is 55.8 Å². The predicted molar refractivity (Wildman–Crippen MR) is 86.5 cm³/mol. The van der Waals surface area contributed by atoms with Gasteiger partial charge in [0, 0.05) is 0 Å². The number of nitrogens with zero attached hydrogens (tertiary/aromatic N) is 1. The molecule has 0 atom stereocenters. The van der Waals surface area contributed by atoms with Crippen molar-refractivity contribution in [1.29, 1.82) is 0 Å². The summed E-state index contributed by atoms with van der Waals surface area (Å²) in [7, 11) is -3.78. The summed E-state index contributed by atoms with van der Waals surface area (Å²) in [5, 5.41) is 3.64. The smallest absolute Gasteiger partial charge is 0.276 e. The summed E-state index contributed by atoms with van der Waals surface area (Å²) >= 11 is 0. The van der Waals surface area contributed by atoms with Crippen LogP contribution in [0.2, 0.25) is 0 Å². The van der Waals surface area contributed by atoms with Gasteiger partial charge in [-0.3, -0.25) is 0 Å². The second-order valence-corrected chi connectivity index (χ2v) is 6.71. The molecule has 0 aliphatic rings. The van der Waals surface area contributed by atoms with Crippen molar-refractivity contribution in [2.45, 2.75) is 24.8 Å². The number of hydrogen-bond acceptors (Lipinski definition) is 4. The molecule has 1 N–H and O–H groups in total. The van der Waals surface area contributed by atoms with Crippen molar-refractivity contribution in [3.8, 4) is 5.75 Å². The molecule has 5 nitrogen and oxygen atoms in total. The molecule has 0 bridgehead atoms. The minimum absolute atomic E-state index is 0.00597. The maximum atomic E-state index is 13.0. The second kappa shape index (κ2) is 7.23. The lowest BCUT2D eigenvalue weighted by Gasteiger charge is -2.10. The summed E-state index contributed by atoms with van der Waals surface area (Å²) in [4.78, 5) is 2.14. The Morgan fingerprint density at radius 3 is 2.48 bits per heavy atom. The molecule has 0 aromatic heterocycles. The van der Waals surface area contributed by atoms with Crippen LogP contribution < -0.4 is 9.57 Å². The number of sulfonamides is 1. The van der Waals surface area contributed by atoms with Gasteiger partial charge in [0.2, 0.25) is 0 Å². The zero-order valence-electron chi connectivity index (χ0n) is 12.7. The first kappa shape index (κ1) is 17.0. The van der Waals surface area contributed by atoms with E-state index in [2.05, 4.69) is 9.93 Å². The Kier molecular flexibility index (Phi) is 5.33. The molecule has 2 aromatic carbocycles. The quantitative estimate of drug-likeness (QED) is 0.651. The van der Waals surface area contributed by atoms with Gasteiger partial charge in [0.25, 0.3) is 10.0 Å². The Bertz CT molecular complexity index is 787. The van der Waals surface area contributed by atoms with Crippen molar-refractivity contribution < 1.29 is 17.5 Å². The highest BCUT2D eigenvalue weighted by Gasteiger charge is 2.12. The minimum Gasteiger partial charge on any atom is -0.491 e. The van der Waals surface area contributed by atoms with E-state index in [0.717, 1.165) is 0 Å². The summed E-state index contributed by atoms with van der Waals surface area (Å²) in [6.07, 6.45) is 1.24. The fourth-order valence-electron chi connectivity index (χ4n) is 1.78. The number of ether oxygens (including phenoxy) is 1. The average Bonchev–Trinajstić information content (AvgIpc) is 2.47. The highest BCUT2D eigenvalue weighted by molar-refractivity contribution is 7.89. The van der Waals surface area contributed by atoms with E-state index >= 15 is 0 Å². The lowest BCUT2D eigenvalue weighted by molar-refractivity contribution is 0.242. The number of rotatable bonds is 6. The average molecular weight is 336 g/mol. The molecule has 23 heavy (non-hydrogen) atoms. The molecule has 0 aliphatic heterocycles. The predicted octanol–water partition coefficient (Wildman–Crippen LogP) is 2.93. The number of hydrazone groups is 1. The molecule has 0 radical (unpaired) electrons. The van der Waals surface area contributed by atoms with Crippen molar-refractivity contribution in [1.82, 2.24) is 4.83 Å². The van der Waals surface area contributed by atoms with Crippen molar-refractivity contribution in [2.24, 2.45) is 5.10 Å². The lowest BCUT2D eigenvalue weighted by Crippen LogP contribution is -2.18. The van der Waals surface area contributed by atoms with E-state index in [1.54, 1.807) is 18.2 Å². The van der Waals surface area contributed by atoms with Crippen molar-refractivity contribution in [2.75, 3.05) is 0 Å². The first-order chi connectivity index (χ1) is 10.9. The molecular formula is C16H17FN2O3S. The molecular weight excluding hydrogens is 319 g/mol. The fourth-order valence-corrected chi connectivity index (χ4v) is 2.57. The van der Waals surface area contributed by atoms with E-state index in [1.807, 2.05) is 13.8 Å². The molecule has 2 rings (SSSR count). The van der Waals surface area contributed by atoms with Gasteiger partial charge in [-0.25, -0.2) is 9.22 Å². The van der Waals surface area contributed by atoms with Crippen molar-refractivity contribution in [3.05, 3.63) is 59.9 Å². The van der Waals surface area contributed by atoms with E-state index in [-0.39, 0.29) is 11.0 Å². The zero-order chi connectivity index (χ0) is 16.9. The molecule has 122 valence electrons. The van der Waals surface area contributed by atoms with Gasteiger partial charge in [-0.1, -0.05) is 12.1 Å². The van der Waals surface area contributed by atoms with E-state index in [9.17, 15) is 12.8 Å². The van der Waals surface area contributed by atoms with Crippen LogP contribution in [0.5, 0.6) is 5.75 Å². The van der Waals surface area contributed by atoms with E-state index in [1.165, 1.54) is 36.5 Å². The maximum absolute atomic E-state index is 13.0. The Labute approximate surface area is 134 Å². The summed E-state index contributed by atoms with van der Waals surface area (Å²) in [5.41, 5.74) is 0.452. The van der Waals surface area contributed by atoms with Gasteiger partial charge in [0.15, 0.2) is 0 Å². The van der Waals surface area contributed by atoms with Gasteiger partial charge >= 0.3 is 0 Å². The van der Waals surface area contributed by atoms with Gasteiger partial charge in [0.1, 0.15) is 11.6 Å². The van der Waals surface area contributed by atoms with Crippen LogP contribution in [-0.2, 0) is 10.0 Å². The van der Waals surface area contributed by atoms with E-state index in [0.29, 0.717) is 11.3 Å². The van der Waals surface area contributed by atoms with Crippen LogP contribution in [0.15, 0.2) is 58.5 Å². The Hall–Kier alpha value is -2.41. The number of nitrogens with one attached hydrogen (secondary N) is 1. The van der Waals surface area contributed by atoms with Gasteiger partial charge in [-0.2, -0.15) is 13.5 Å². The third kappa shape index (κ3) is 5.07. The Morgan fingerprint density at radius 1 is 1.17 bits per heavy atom. The number of hydrogen-bond donors (Lipinski definition) is 1. The fraction of sp³-hybridized carbons (Fsp3) is 0.188. The highest BCUT2D eigenvalue weighted by atomic mass is 32.2. The van der Waals surface area contributed by atoms with Crippen LogP contribution in [0.25, 0.3) is 0 Å². The van der Waals surface area contributed by atoms with E-state index < -0.39 is 15.8 Å². The molecule has 0 amide bonds. The Balaban J connectivity index is 2.06. The monoisotopic (exact) mass is 336 g/mol. The van der Waals surface area contributed by atoms with Crippen LogP contribution in [-0.4, -0.2) is 20.7 Å². The topological polar surface area (TPSA) is 67.8 Å². The van der Waals surface area contributed by atoms with Gasteiger partial charge in [0.05, 0.1) is 17.2 Å². The highest BCUT2D eigenvalue weighted by Crippen LogP contribution is 2.17. The van der Waals surface area contributed by atoms with Gasteiger partial charge in [-0.15, -0.1) is 0 Å². The van der Waals surface area contributed by atoms with E-state index in [4.69, 9.17) is 4.74 Å². The first-order valence-electron chi connectivity index (χ1n) is 6.94. The van der Waals surface area contributed by atoms with Crippen LogP contribution in [0.3, 0.4) is 0 Å². The van der Waals surface area contributed by atoms with Crippen LogP contribution in [0.1, 0.15) is 19.4 Å². The van der Waals surface area contributed by atoms with Crippen molar-refractivity contribution in [3.63, 3.8) is 0 Å².